The van der Waals surface area contributed by atoms with Gasteiger partial charge in [-0.05, 0) is 11.4 Å². The number of fused-ring (bicyclic) bond motifs is 1. The molecule has 23 heavy (non-hydrogen) atoms. The molecule has 0 atom stereocenters. The highest BCUT2D eigenvalue weighted by atomic mass is 32.1. The number of hydrogen-bond donors (Lipinski definition) is 0. The molecule has 8 heteroatoms. The molecule has 4 heterocycles. The second-order valence-corrected chi connectivity index (χ2v) is 6.93. The Morgan fingerprint density at radius 2 is 2.22 bits per heavy atom. The molecule has 120 valence electrons. The van der Waals surface area contributed by atoms with Crippen molar-refractivity contribution in [2.24, 2.45) is 0 Å². The summed E-state index contributed by atoms with van der Waals surface area (Å²) in [7, 11) is 0. The molecular formula is C15H18N6OS. The highest BCUT2D eigenvalue weighted by Crippen LogP contribution is 2.23. The lowest BCUT2D eigenvalue weighted by molar-refractivity contribution is 0.181. The van der Waals surface area contributed by atoms with E-state index in [1.165, 1.54) is 0 Å². The second kappa shape index (κ2) is 5.86. The fraction of sp³-hybridized carbons (Fsp3) is 0.467. The van der Waals surface area contributed by atoms with Gasteiger partial charge in [0.25, 0.3) is 0 Å². The van der Waals surface area contributed by atoms with Gasteiger partial charge in [-0.2, -0.15) is 4.98 Å². The van der Waals surface area contributed by atoms with Crippen LogP contribution in [0.25, 0.3) is 10.7 Å². The molecule has 0 aromatic carbocycles. The van der Waals surface area contributed by atoms with E-state index in [0.29, 0.717) is 24.2 Å². The maximum absolute atomic E-state index is 5.38. The standard InChI is InChI=1S/C15H18N6OS/c1-10(2)15-18-17-12-8-20(5-6-21(12)15)9-13-16-14(19-22-13)11-4-3-7-23-11/h3-4,7,10H,5-6,8-9H2,1-2H3. The zero-order valence-electron chi connectivity index (χ0n) is 13.1. The number of rotatable bonds is 4. The zero-order chi connectivity index (χ0) is 15.8. The summed E-state index contributed by atoms with van der Waals surface area (Å²) in [5, 5.41) is 14.7. The van der Waals surface area contributed by atoms with Crippen LogP contribution in [0.2, 0.25) is 0 Å². The van der Waals surface area contributed by atoms with Gasteiger partial charge < -0.3 is 9.09 Å². The highest BCUT2D eigenvalue weighted by molar-refractivity contribution is 7.13. The lowest BCUT2D eigenvalue weighted by Gasteiger charge is -2.26. The quantitative estimate of drug-likeness (QED) is 0.732. The molecule has 1 aliphatic rings. The molecule has 3 aromatic rings. The van der Waals surface area contributed by atoms with E-state index in [0.717, 1.165) is 36.2 Å². The van der Waals surface area contributed by atoms with E-state index >= 15 is 0 Å². The van der Waals surface area contributed by atoms with Crippen LogP contribution in [0.15, 0.2) is 22.0 Å². The molecule has 0 unspecified atom stereocenters. The molecule has 4 rings (SSSR count). The van der Waals surface area contributed by atoms with Gasteiger partial charge in [0.2, 0.25) is 11.7 Å². The molecule has 0 bridgehead atoms. The Hall–Kier alpha value is -2.06. The molecule has 0 saturated heterocycles. The first kappa shape index (κ1) is 14.5. The predicted molar refractivity (Wildman–Crippen MR) is 85.8 cm³/mol. The Labute approximate surface area is 138 Å². The maximum Gasteiger partial charge on any atom is 0.241 e. The van der Waals surface area contributed by atoms with Crippen molar-refractivity contribution in [1.29, 1.82) is 0 Å². The largest absolute Gasteiger partial charge is 0.338 e. The van der Waals surface area contributed by atoms with E-state index in [4.69, 9.17) is 4.52 Å². The van der Waals surface area contributed by atoms with Crippen LogP contribution in [0, 0.1) is 0 Å². The topological polar surface area (TPSA) is 72.9 Å². The van der Waals surface area contributed by atoms with Gasteiger partial charge in [0, 0.05) is 19.0 Å². The molecule has 0 N–H and O–H groups in total. The van der Waals surface area contributed by atoms with Crippen molar-refractivity contribution < 1.29 is 4.52 Å². The van der Waals surface area contributed by atoms with Crippen LogP contribution in [-0.2, 0) is 19.6 Å². The third kappa shape index (κ3) is 2.79. The van der Waals surface area contributed by atoms with Crippen LogP contribution in [0.5, 0.6) is 0 Å². The van der Waals surface area contributed by atoms with Crippen molar-refractivity contribution in [1.82, 2.24) is 29.8 Å². The summed E-state index contributed by atoms with van der Waals surface area (Å²) in [6.45, 7) is 7.53. The zero-order valence-corrected chi connectivity index (χ0v) is 14.0. The minimum absolute atomic E-state index is 0.395. The fourth-order valence-electron chi connectivity index (χ4n) is 2.81. The van der Waals surface area contributed by atoms with E-state index in [1.54, 1.807) is 11.3 Å². The van der Waals surface area contributed by atoms with Gasteiger partial charge in [-0.15, -0.1) is 21.5 Å². The lowest BCUT2D eigenvalue weighted by atomic mass is 10.2. The number of aromatic nitrogens is 5. The van der Waals surface area contributed by atoms with Gasteiger partial charge in [-0.25, -0.2) is 0 Å². The van der Waals surface area contributed by atoms with E-state index in [1.807, 2.05) is 17.5 Å². The molecule has 1 aliphatic heterocycles. The van der Waals surface area contributed by atoms with Crippen molar-refractivity contribution >= 4 is 11.3 Å². The molecule has 0 spiro atoms. The fourth-order valence-corrected chi connectivity index (χ4v) is 3.46. The second-order valence-electron chi connectivity index (χ2n) is 5.98. The molecule has 7 nitrogen and oxygen atoms in total. The smallest absolute Gasteiger partial charge is 0.241 e. The van der Waals surface area contributed by atoms with Crippen LogP contribution < -0.4 is 0 Å². The summed E-state index contributed by atoms with van der Waals surface area (Å²) in [6.07, 6.45) is 0. The monoisotopic (exact) mass is 330 g/mol. The van der Waals surface area contributed by atoms with E-state index in [-0.39, 0.29) is 0 Å². The minimum atomic E-state index is 0.395. The predicted octanol–water partition coefficient (Wildman–Crippen LogP) is 2.53. The SMILES string of the molecule is CC(C)c1nnc2n1CCN(Cc1nc(-c3cccs3)no1)C2. The first-order valence-electron chi connectivity index (χ1n) is 7.71. The molecule has 0 radical (unpaired) electrons. The van der Waals surface area contributed by atoms with Crippen molar-refractivity contribution in [3.63, 3.8) is 0 Å². The summed E-state index contributed by atoms with van der Waals surface area (Å²) in [5.41, 5.74) is 0. The average Bonchev–Trinajstić information content (AvgIpc) is 3.27. The first-order valence-corrected chi connectivity index (χ1v) is 8.59. The van der Waals surface area contributed by atoms with Gasteiger partial charge in [-0.3, -0.25) is 4.90 Å². The Bertz CT molecular complexity index is 791. The van der Waals surface area contributed by atoms with Crippen LogP contribution in [-0.4, -0.2) is 36.3 Å². The Kier molecular flexibility index (Phi) is 3.70. The normalized spacial score (nSPS) is 15.3. The third-order valence-electron chi connectivity index (χ3n) is 3.95. The van der Waals surface area contributed by atoms with Crippen LogP contribution >= 0.6 is 11.3 Å². The van der Waals surface area contributed by atoms with Gasteiger partial charge in [-0.1, -0.05) is 25.1 Å². The van der Waals surface area contributed by atoms with Gasteiger partial charge >= 0.3 is 0 Å². The molecule has 0 fully saturated rings. The summed E-state index contributed by atoms with van der Waals surface area (Å²) >= 11 is 1.61. The number of nitrogens with zero attached hydrogens (tertiary/aromatic N) is 6. The Morgan fingerprint density at radius 3 is 3.00 bits per heavy atom. The van der Waals surface area contributed by atoms with Crippen LogP contribution in [0.1, 0.15) is 37.3 Å². The van der Waals surface area contributed by atoms with E-state index < -0.39 is 0 Å². The highest BCUT2D eigenvalue weighted by Gasteiger charge is 2.23. The van der Waals surface area contributed by atoms with Crippen LogP contribution in [0.3, 0.4) is 0 Å². The van der Waals surface area contributed by atoms with Crippen molar-refractivity contribution in [3.8, 4) is 10.7 Å². The van der Waals surface area contributed by atoms with Gasteiger partial charge in [0.15, 0.2) is 0 Å². The minimum Gasteiger partial charge on any atom is -0.338 e. The molecular weight excluding hydrogens is 312 g/mol. The average molecular weight is 330 g/mol. The van der Waals surface area contributed by atoms with E-state index in [2.05, 4.69) is 43.7 Å². The Morgan fingerprint density at radius 1 is 1.30 bits per heavy atom. The summed E-state index contributed by atoms with van der Waals surface area (Å²) in [6, 6.07) is 3.98. The Balaban J connectivity index is 1.46. The van der Waals surface area contributed by atoms with E-state index in [9.17, 15) is 0 Å². The lowest BCUT2D eigenvalue weighted by Crippen LogP contribution is -2.34. The molecule has 0 amide bonds. The van der Waals surface area contributed by atoms with Crippen LogP contribution in [0.4, 0.5) is 0 Å². The number of thiophene rings is 1. The maximum atomic E-state index is 5.38. The summed E-state index contributed by atoms with van der Waals surface area (Å²) in [5.74, 6) is 3.78. The van der Waals surface area contributed by atoms with Gasteiger partial charge in [0.1, 0.15) is 11.6 Å². The van der Waals surface area contributed by atoms with Gasteiger partial charge in [0.05, 0.1) is 18.0 Å². The third-order valence-corrected chi connectivity index (χ3v) is 4.81. The van der Waals surface area contributed by atoms with Crippen molar-refractivity contribution in [2.75, 3.05) is 6.54 Å². The van der Waals surface area contributed by atoms with Crippen molar-refractivity contribution in [2.45, 2.75) is 39.4 Å². The summed E-state index contributed by atoms with van der Waals surface area (Å²) < 4.78 is 7.61. The molecule has 0 aliphatic carbocycles. The first-order chi connectivity index (χ1) is 11.2. The van der Waals surface area contributed by atoms with Crippen molar-refractivity contribution in [3.05, 3.63) is 35.1 Å². The summed E-state index contributed by atoms with van der Waals surface area (Å²) in [4.78, 5) is 7.78. The number of hydrogen-bond acceptors (Lipinski definition) is 7. The molecule has 3 aromatic heterocycles. The molecule has 0 saturated carbocycles.